The third-order valence-corrected chi connectivity index (χ3v) is 6.14. The second-order valence-corrected chi connectivity index (χ2v) is 8.30. The molecule has 0 spiro atoms. The number of hydrogen-bond donors (Lipinski definition) is 0. The number of nitrogens with zero attached hydrogens (tertiary/aromatic N) is 2. The molecule has 0 unspecified atom stereocenters. The van der Waals surface area contributed by atoms with Gasteiger partial charge in [-0.25, -0.2) is 0 Å². The van der Waals surface area contributed by atoms with E-state index in [0.717, 1.165) is 18.7 Å². The fourth-order valence-corrected chi connectivity index (χ4v) is 4.38. The SMILES string of the molecule is Cc1ccccc1-c1cccc[n+]1CCc1ccc(-c2ccccc2)cc1-c1ccccn1. The molecule has 0 aliphatic carbocycles. The van der Waals surface area contributed by atoms with Gasteiger partial charge in [0, 0.05) is 35.9 Å². The fraction of sp³-hybridized carbons (Fsp3) is 0.0968. The summed E-state index contributed by atoms with van der Waals surface area (Å²) in [6, 6.07) is 38.5. The Bertz CT molecular complexity index is 1360. The van der Waals surface area contributed by atoms with E-state index in [1.807, 2.05) is 12.3 Å². The van der Waals surface area contributed by atoms with Crippen molar-refractivity contribution in [3.8, 4) is 33.6 Å². The van der Waals surface area contributed by atoms with Crippen LogP contribution in [0.5, 0.6) is 0 Å². The summed E-state index contributed by atoms with van der Waals surface area (Å²) in [5.74, 6) is 0. The minimum Gasteiger partial charge on any atom is -0.256 e. The highest BCUT2D eigenvalue weighted by Crippen LogP contribution is 2.29. The molecule has 5 rings (SSSR count). The Kier molecular flexibility index (Phi) is 6.08. The number of rotatable bonds is 6. The van der Waals surface area contributed by atoms with Gasteiger partial charge in [0.25, 0.3) is 0 Å². The number of pyridine rings is 2. The van der Waals surface area contributed by atoms with Crippen molar-refractivity contribution in [2.45, 2.75) is 19.9 Å². The molecule has 0 aliphatic heterocycles. The van der Waals surface area contributed by atoms with Crippen LogP contribution in [0.2, 0.25) is 0 Å². The van der Waals surface area contributed by atoms with Gasteiger partial charge < -0.3 is 0 Å². The lowest BCUT2D eigenvalue weighted by atomic mass is 9.95. The minimum absolute atomic E-state index is 0.898. The fourth-order valence-electron chi connectivity index (χ4n) is 4.38. The first-order valence-corrected chi connectivity index (χ1v) is 11.4. The van der Waals surface area contributed by atoms with E-state index in [1.54, 1.807) is 0 Å². The van der Waals surface area contributed by atoms with Gasteiger partial charge in [-0.1, -0.05) is 66.7 Å². The van der Waals surface area contributed by atoms with Crippen molar-refractivity contribution in [3.05, 3.63) is 133 Å². The van der Waals surface area contributed by atoms with Crippen molar-refractivity contribution < 1.29 is 4.57 Å². The average molecular weight is 428 g/mol. The molecule has 33 heavy (non-hydrogen) atoms. The molecule has 0 N–H and O–H groups in total. The molecule has 3 aromatic carbocycles. The summed E-state index contributed by atoms with van der Waals surface area (Å²) in [4.78, 5) is 4.67. The average Bonchev–Trinajstić information content (AvgIpc) is 2.89. The zero-order chi connectivity index (χ0) is 22.5. The van der Waals surface area contributed by atoms with Crippen LogP contribution in [0, 0.1) is 6.92 Å². The quantitative estimate of drug-likeness (QED) is 0.269. The molecule has 0 amide bonds. The maximum Gasteiger partial charge on any atom is 0.212 e. The van der Waals surface area contributed by atoms with Crippen LogP contribution in [0.3, 0.4) is 0 Å². The summed E-state index contributed by atoms with van der Waals surface area (Å²) in [5, 5.41) is 0. The topological polar surface area (TPSA) is 16.8 Å². The largest absolute Gasteiger partial charge is 0.256 e. The van der Waals surface area contributed by atoms with Gasteiger partial charge in [0.1, 0.15) is 0 Å². The van der Waals surface area contributed by atoms with Gasteiger partial charge in [0.2, 0.25) is 5.69 Å². The summed E-state index contributed by atoms with van der Waals surface area (Å²) in [5.41, 5.74) is 9.78. The van der Waals surface area contributed by atoms with Crippen LogP contribution in [-0.2, 0) is 13.0 Å². The first-order valence-electron chi connectivity index (χ1n) is 11.4. The van der Waals surface area contributed by atoms with Gasteiger partial charge in [-0.2, -0.15) is 4.57 Å². The van der Waals surface area contributed by atoms with Gasteiger partial charge in [-0.3, -0.25) is 4.98 Å². The lowest BCUT2D eigenvalue weighted by molar-refractivity contribution is -0.685. The molecule has 160 valence electrons. The maximum absolute atomic E-state index is 4.67. The Morgan fingerprint density at radius 3 is 2.27 bits per heavy atom. The van der Waals surface area contributed by atoms with Gasteiger partial charge >= 0.3 is 0 Å². The highest BCUT2D eigenvalue weighted by Gasteiger charge is 2.16. The molecule has 0 fully saturated rings. The molecule has 0 saturated heterocycles. The van der Waals surface area contributed by atoms with Gasteiger partial charge in [0.15, 0.2) is 12.7 Å². The number of benzene rings is 3. The highest BCUT2D eigenvalue weighted by atomic mass is 15.0. The van der Waals surface area contributed by atoms with E-state index in [-0.39, 0.29) is 0 Å². The minimum atomic E-state index is 0.898. The Morgan fingerprint density at radius 2 is 1.45 bits per heavy atom. The molecule has 0 bridgehead atoms. The van der Waals surface area contributed by atoms with E-state index in [4.69, 9.17) is 0 Å². The van der Waals surface area contributed by atoms with Crippen LogP contribution >= 0.6 is 0 Å². The zero-order valence-electron chi connectivity index (χ0n) is 18.9. The molecule has 2 nitrogen and oxygen atoms in total. The number of aromatic nitrogens is 2. The lowest BCUT2D eigenvalue weighted by Crippen LogP contribution is -2.37. The van der Waals surface area contributed by atoms with Crippen LogP contribution in [0.15, 0.2) is 122 Å². The smallest absolute Gasteiger partial charge is 0.212 e. The summed E-state index contributed by atoms with van der Waals surface area (Å²) < 4.78 is 2.36. The van der Waals surface area contributed by atoms with Crippen molar-refractivity contribution in [1.29, 1.82) is 0 Å². The third kappa shape index (κ3) is 4.61. The molecule has 2 heterocycles. The predicted molar refractivity (Wildman–Crippen MR) is 136 cm³/mol. The molecule has 0 aliphatic rings. The van der Waals surface area contributed by atoms with Crippen molar-refractivity contribution in [1.82, 2.24) is 4.98 Å². The molecule has 0 atom stereocenters. The second-order valence-electron chi connectivity index (χ2n) is 8.30. The monoisotopic (exact) mass is 427 g/mol. The van der Waals surface area contributed by atoms with Crippen LogP contribution in [0.4, 0.5) is 0 Å². The van der Waals surface area contributed by atoms with E-state index >= 15 is 0 Å². The van der Waals surface area contributed by atoms with Crippen LogP contribution in [-0.4, -0.2) is 4.98 Å². The van der Waals surface area contributed by atoms with E-state index in [1.165, 1.54) is 39.1 Å². The summed E-state index contributed by atoms with van der Waals surface area (Å²) >= 11 is 0. The Balaban J connectivity index is 1.50. The molecule has 0 saturated carbocycles. The standard InChI is InChI=1S/C31H27N2/c1-24-11-5-6-14-28(24)31-16-8-10-21-33(31)22-19-26-17-18-27(25-12-3-2-4-13-25)23-29(26)30-15-7-9-20-32-30/h2-18,20-21,23H,19,22H2,1H3/q+1. The first-order chi connectivity index (χ1) is 16.3. The van der Waals surface area contributed by atoms with Crippen molar-refractivity contribution in [2.75, 3.05) is 0 Å². The number of aryl methyl sites for hydroxylation is 3. The highest BCUT2D eigenvalue weighted by molar-refractivity contribution is 5.74. The molecule has 0 radical (unpaired) electrons. The summed E-state index contributed by atoms with van der Waals surface area (Å²) in [7, 11) is 0. The van der Waals surface area contributed by atoms with E-state index in [9.17, 15) is 0 Å². The second kappa shape index (κ2) is 9.62. The van der Waals surface area contributed by atoms with E-state index < -0.39 is 0 Å². The zero-order valence-corrected chi connectivity index (χ0v) is 18.9. The Morgan fingerprint density at radius 1 is 0.667 bits per heavy atom. The van der Waals surface area contributed by atoms with Gasteiger partial charge in [-0.15, -0.1) is 0 Å². The first kappa shape index (κ1) is 20.8. The molecular formula is C31H27N2+. The van der Waals surface area contributed by atoms with Crippen molar-refractivity contribution >= 4 is 0 Å². The van der Waals surface area contributed by atoms with E-state index in [0.29, 0.717) is 0 Å². The summed E-state index contributed by atoms with van der Waals surface area (Å²) in [6.07, 6.45) is 4.98. The van der Waals surface area contributed by atoms with Gasteiger partial charge in [-0.05, 0) is 59.5 Å². The predicted octanol–water partition coefficient (Wildman–Crippen LogP) is 6.92. The normalized spacial score (nSPS) is 10.8. The summed E-state index contributed by atoms with van der Waals surface area (Å²) in [6.45, 7) is 3.07. The van der Waals surface area contributed by atoms with Gasteiger partial charge in [0.05, 0.1) is 5.69 Å². The molecule has 2 aromatic heterocycles. The maximum atomic E-state index is 4.67. The number of hydrogen-bond acceptors (Lipinski definition) is 1. The molecular weight excluding hydrogens is 400 g/mol. The lowest BCUT2D eigenvalue weighted by Gasteiger charge is -2.12. The Hall–Kier alpha value is -4.04. The van der Waals surface area contributed by atoms with Crippen molar-refractivity contribution in [2.24, 2.45) is 0 Å². The van der Waals surface area contributed by atoms with E-state index in [2.05, 4.69) is 126 Å². The van der Waals surface area contributed by atoms with Crippen LogP contribution in [0.25, 0.3) is 33.6 Å². The third-order valence-electron chi connectivity index (χ3n) is 6.14. The van der Waals surface area contributed by atoms with Crippen LogP contribution in [0.1, 0.15) is 11.1 Å². The molecule has 2 heteroatoms. The van der Waals surface area contributed by atoms with Crippen LogP contribution < -0.4 is 4.57 Å². The Labute approximate surface area is 195 Å². The van der Waals surface area contributed by atoms with Crippen molar-refractivity contribution in [3.63, 3.8) is 0 Å². The molecule has 5 aromatic rings.